The topological polar surface area (TPSA) is 75.3 Å². The molecule has 2 aromatic heterocycles. The summed E-state index contributed by atoms with van der Waals surface area (Å²) in [5, 5.41) is 0.928. The minimum Gasteiger partial charge on any atom is -0.383 e. The molecule has 1 fully saturated rings. The van der Waals surface area contributed by atoms with Crippen molar-refractivity contribution in [1.82, 2.24) is 14.9 Å². The Morgan fingerprint density at radius 3 is 2.74 bits per heavy atom. The highest BCUT2D eigenvalue weighted by Gasteiger charge is 2.19. The third-order valence-electron chi connectivity index (χ3n) is 3.28. The summed E-state index contributed by atoms with van der Waals surface area (Å²) in [6.07, 6.45) is 0.887. The van der Waals surface area contributed by atoms with Gasteiger partial charge >= 0.3 is 0 Å². The maximum absolute atomic E-state index is 10.7. The van der Waals surface area contributed by atoms with E-state index in [1.807, 2.05) is 13.0 Å². The Bertz CT molecular complexity index is 618. The number of amides is 1. The van der Waals surface area contributed by atoms with Gasteiger partial charge in [0, 0.05) is 31.1 Å². The molecule has 0 aliphatic carbocycles. The molecule has 0 radical (unpaired) electrons. The van der Waals surface area contributed by atoms with Crippen molar-refractivity contribution in [2.45, 2.75) is 6.92 Å². The summed E-state index contributed by atoms with van der Waals surface area (Å²) in [6.45, 7) is 4.93. The molecular formula is C12H15N5OS. The summed E-state index contributed by atoms with van der Waals surface area (Å²) in [6, 6.07) is 2.02. The number of carbonyl (C=O) groups excluding carboxylic acids is 1. The van der Waals surface area contributed by atoms with Crippen LogP contribution in [0.5, 0.6) is 0 Å². The lowest BCUT2D eigenvalue weighted by Gasteiger charge is -2.32. The molecule has 0 aromatic carbocycles. The molecule has 1 aliphatic heterocycles. The lowest BCUT2D eigenvalue weighted by atomic mass is 10.3. The van der Waals surface area contributed by atoms with Crippen molar-refractivity contribution in [3.05, 3.63) is 10.9 Å². The van der Waals surface area contributed by atoms with Crippen LogP contribution in [0.15, 0.2) is 6.07 Å². The number of carbonyl (C=O) groups is 1. The Labute approximate surface area is 114 Å². The van der Waals surface area contributed by atoms with Gasteiger partial charge in [-0.15, -0.1) is 11.3 Å². The molecule has 2 N–H and O–H groups in total. The summed E-state index contributed by atoms with van der Waals surface area (Å²) >= 11 is 1.63. The molecule has 3 rings (SSSR count). The van der Waals surface area contributed by atoms with Crippen LogP contribution in [0.25, 0.3) is 10.2 Å². The van der Waals surface area contributed by atoms with Crippen LogP contribution in [-0.2, 0) is 4.79 Å². The fourth-order valence-corrected chi connectivity index (χ4v) is 3.10. The molecule has 3 heterocycles. The number of nitrogen functional groups attached to an aromatic ring is 1. The van der Waals surface area contributed by atoms with E-state index in [9.17, 15) is 4.79 Å². The molecule has 0 spiro atoms. The molecule has 1 amide bonds. The number of anilines is 2. The van der Waals surface area contributed by atoms with Gasteiger partial charge < -0.3 is 15.5 Å². The van der Waals surface area contributed by atoms with Gasteiger partial charge in [-0.05, 0) is 13.0 Å². The van der Waals surface area contributed by atoms with Gasteiger partial charge in [0.25, 0.3) is 0 Å². The van der Waals surface area contributed by atoms with Gasteiger partial charge in [0.2, 0.25) is 12.4 Å². The summed E-state index contributed by atoms with van der Waals surface area (Å²) in [4.78, 5) is 25.6. The number of thiophene rings is 1. The molecule has 0 bridgehead atoms. The Morgan fingerprint density at radius 1 is 1.32 bits per heavy atom. The second kappa shape index (κ2) is 4.65. The quantitative estimate of drug-likeness (QED) is 0.824. The van der Waals surface area contributed by atoms with Crippen molar-refractivity contribution < 1.29 is 4.79 Å². The van der Waals surface area contributed by atoms with Crippen molar-refractivity contribution in [3.63, 3.8) is 0 Å². The highest BCUT2D eigenvalue weighted by molar-refractivity contribution is 7.18. The molecule has 0 saturated carbocycles. The van der Waals surface area contributed by atoms with Gasteiger partial charge in [0.1, 0.15) is 10.6 Å². The normalized spacial score (nSPS) is 16.1. The highest BCUT2D eigenvalue weighted by atomic mass is 32.1. The smallest absolute Gasteiger partial charge is 0.228 e. The van der Waals surface area contributed by atoms with Gasteiger partial charge in [0.15, 0.2) is 0 Å². The summed E-state index contributed by atoms with van der Waals surface area (Å²) in [5.41, 5.74) is 5.99. The molecular weight excluding hydrogens is 262 g/mol. The molecule has 6 nitrogen and oxygen atoms in total. The van der Waals surface area contributed by atoms with Gasteiger partial charge in [-0.3, -0.25) is 4.79 Å². The first-order valence-electron chi connectivity index (χ1n) is 6.15. The molecule has 1 aliphatic rings. The Hall–Kier alpha value is -1.89. The van der Waals surface area contributed by atoms with E-state index in [0.717, 1.165) is 29.7 Å². The SMILES string of the molecule is Cc1cc2c(N)nc(N3CCN(C=O)CC3)nc2s1. The fourth-order valence-electron chi connectivity index (χ4n) is 2.22. The van der Waals surface area contributed by atoms with Crippen LogP contribution < -0.4 is 10.6 Å². The number of aromatic nitrogens is 2. The van der Waals surface area contributed by atoms with Crippen LogP contribution in [-0.4, -0.2) is 47.5 Å². The lowest BCUT2D eigenvalue weighted by Crippen LogP contribution is -2.46. The predicted molar refractivity (Wildman–Crippen MR) is 76.4 cm³/mol. The van der Waals surface area contributed by atoms with Crippen molar-refractivity contribution in [2.24, 2.45) is 0 Å². The number of fused-ring (bicyclic) bond motifs is 1. The molecule has 0 unspecified atom stereocenters. The zero-order valence-corrected chi connectivity index (χ0v) is 11.5. The largest absolute Gasteiger partial charge is 0.383 e. The zero-order chi connectivity index (χ0) is 13.4. The molecule has 0 atom stereocenters. The first-order valence-corrected chi connectivity index (χ1v) is 6.97. The first kappa shape index (κ1) is 12.2. The number of aryl methyl sites for hydroxylation is 1. The molecule has 7 heteroatoms. The Morgan fingerprint density at radius 2 is 2.05 bits per heavy atom. The van der Waals surface area contributed by atoms with Crippen molar-refractivity contribution in [1.29, 1.82) is 0 Å². The third kappa shape index (κ3) is 2.21. The van der Waals surface area contributed by atoms with Crippen LogP contribution >= 0.6 is 11.3 Å². The lowest BCUT2D eigenvalue weighted by molar-refractivity contribution is -0.118. The van der Waals surface area contributed by atoms with Gasteiger partial charge in [0.05, 0.1) is 5.39 Å². The van der Waals surface area contributed by atoms with Gasteiger partial charge in [-0.25, -0.2) is 4.98 Å². The minimum absolute atomic E-state index is 0.530. The second-order valence-corrected chi connectivity index (χ2v) is 5.85. The number of rotatable bonds is 2. The van der Waals surface area contributed by atoms with Crippen LogP contribution in [0.1, 0.15) is 4.88 Å². The van der Waals surface area contributed by atoms with Gasteiger partial charge in [-0.2, -0.15) is 4.98 Å². The predicted octanol–water partition coefficient (Wildman–Crippen LogP) is 0.860. The minimum atomic E-state index is 0.530. The molecule has 2 aromatic rings. The fraction of sp³-hybridized carbons (Fsp3) is 0.417. The summed E-state index contributed by atoms with van der Waals surface area (Å²) in [5.74, 6) is 1.19. The first-order chi connectivity index (χ1) is 9.17. The van der Waals surface area contributed by atoms with Gasteiger partial charge in [-0.1, -0.05) is 0 Å². The standard InChI is InChI=1S/C12H15N5OS/c1-8-6-9-10(13)14-12(15-11(9)19-8)17-4-2-16(7-18)3-5-17/h6-7H,2-5H2,1H3,(H2,13,14,15). The van der Waals surface area contributed by atoms with E-state index in [-0.39, 0.29) is 0 Å². The average molecular weight is 277 g/mol. The number of hydrogen-bond donors (Lipinski definition) is 1. The van der Waals surface area contributed by atoms with Crippen molar-refractivity contribution in [2.75, 3.05) is 36.8 Å². The molecule has 19 heavy (non-hydrogen) atoms. The third-order valence-corrected chi connectivity index (χ3v) is 4.22. The van der Waals surface area contributed by atoms with E-state index in [2.05, 4.69) is 14.9 Å². The summed E-state index contributed by atoms with van der Waals surface area (Å²) < 4.78 is 0. The Balaban J connectivity index is 1.91. The van der Waals surface area contributed by atoms with Crippen LogP contribution in [0.2, 0.25) is 0 Å². The number of piperazine rings is 1. The summed E-state index contributed by atoms with van der Waals surface area (Å²) in [7, 11) is 0. The van der Waals surface area contributed by atoms with Crippen molar-refractivity contribution >= 4 is 39.7 Å². The van der Waals surface area contributed by atoms with Crippen LogP contribution in [0, 0.1) is 6.92 Å². The second-order valence-electron chi connectivity index (χ2n) is 4.61. The Kier molecular flexibility index (Phi) is 2.98. The van der Waals surface area contributed by atoms with E-state index in [1.165, 1.54) is 4.88 Å². The van der Waals surface area contributed by atoms with Crippen molar-refractivity contribution in [3.8, 4) is 0 Å². The van der Waals surface area contributed by atoms with Crippen LogP contribution in [0.3, 0.4) is 0 Å². The van der Waals surface area contributed by atoms with Crippen LogP contribution in [0.4, 0.5) is 11.8 Å². The zero-order valence-electron chi connectivity index (χ0n) is 10.7. The molecule has 100 valence electrons. The van der Waals surface area contributed by atoms with E-state index >= 15 is 0 Å². The number of hydrogen-bond acceptors (Lipinski definition) is 6. The number of nitrogens with zero attached hydrogens (tertiary/aromatic N) is 4. The van der Waals surface area contributed by atoms with E-state index in [4.69, 9.17) is 5.73 Å². The van der Waals surface area contributed by atoms with E-state index in [0.29, 0.717) is 24.9 Å². The molecule has 1 saturated heterocycles. The maximum atomic E-state index is 10.7. The van der Waals surface area contributed by atoms with E-state index in [1.54, 1.807) is 16.2 Å². The maximum Gasteiger partial charge on any atom is 0.228 e. The number of nitrogens with two attached hydrogens (primary N) is 1. The monoisotopic (exact) mass is 277 g/mol. The highest BCUT2D eigenvalue weighted by Crippen LogP contribution is 2.28. The average Bonchev–Trinajstić information content (AvgIpc) is 2.80. The van der Waals surface area contributed by atoms with E-state index < -0.39 is 0 Å².